The molecule has 2 aromatic rings. The summed E-state index contributed by atoms with van der Waals surface area (Å²) in [6.45, 7) is -0.500. The van der Waals surface area contributed by atoms with E-state index in [2.05, 4.69) is 21.2 Å². The van der Waals surface area contributed by atoms with Crippen molar-refractivity contribution >= 4 is 33.5 Å². The normalized spacial score (nSPS) is 10.0. The average Bonchev–Trinajstić information content (AvgIpc) is 2.47. The van der Waals surface area contributed by atoms with E-state index in [9.17, 15) is 14.7 Å². The SMILES string of the molecule is O=C(COC(=O)c1ccc(O)cc1O)Nc1ccccc1Br. The monoisotopic (exact) mass is 365 g/mol. The Bertz CT molecular complexity index is 717. The van der Waals surface area contributed by atoms with E-state index in [0.717, 1.165) is 6.07 Å². The zero-order valence-corrected chi connectivity index (χ0v) is 12.8. The fourth-order valence-corrected chi connectivity index (χ4v) is 2.03. The van der Waals surface area contributed by atoms with Crippen LogP contribution in [0.3, 0.4) is 0 Å². The second-order valence-electron chi connectivity index (χ2n) is 4.31. The van der Waals surface area contributed by atoms with Crippen LogP contribution in [-0.2, 0) is 9.53 Å². The van der Waals surface area contributed by atoms with Crippen molar-refractivity contribution in [2.24, 2.45) is 0 Å². The number of nitrogens with one attached hydrogen (secondary N) is 1. The second-order valence-corrected chi connectivity index (χ2v) is 5.16. The highest BCUT2D eigenvalue weighted by molar-refractivity contribution is 9.10. The summed E-state index contributed by atoms with van der Waals surface area (Å²) in [5, 5.41) is 21.3. The summed E-state index contributed by atoms with van der Waals surface area (Å²) in [4.78, 5) is 23.5. The van der Waals surface area contributed by atoms with E-state index in [-0.39, 0.29) is 11.3 Å². The molecule has 2 aromatic carbocycles. The molecule has 0 aromatic heterocycles. The number of esters is 1. The zero-order valence-electron chi connectivity index (χ0n) is 11.2. The lowest BCUT2D eigenvalue weighted by atomic mass is 10.2. The van der Waals surface area contributed by atoms with Crippen molar-refractivity contribution in [3.05, 3.63) is 52.5 Å². The Hall–Kier alpha value is -2.54. The highest BCUT2D eigenvalue weighted by Gasteiger charge is 2.15. The van der Waals surface area contributed by atoms with Crippen LogP contribution in [0.25, 0.3) is 0 Å². The minimum atomic E-state index is -0.861. The zero-order chi connectivity index (χ0) is 16.1. The number of carbonyl (C=O) groups is 2. The highest BCUT2D eigenvalue weighted by Crippen LogP contribution is 2.23. The molecule has 1 amide bonds. The van der Waals surface area contributed by atoms with Crippen LogP contribution in [-0.4, -0.2) is 28.7 Å². The van der Waals surface area contributed by atoms with Crippen molar-refractivity contribution in [1.29, 1.82) is 0 Å². The number of benzene rings is 2. The molecule has 0 unspecified atom stereocenters. The predicted octanol–water partition coefficient (Wildman–Crippen LogP) is 2.66. The van der Waals surface area contributed by atoms with Gasteiger partial charge >= 0.3 is 5.97 Å². The molecule has 6 nitrogen and oxygen atoms in total. The number of amides is 1. The summed E-state index contributed by atoms with van der Waals surface area (Å²) in [6, 6.07) is 10.5. The second kappa shape index (κ2) is 6.95. The molecule has 2 rings (SSSR count). The molecule has 0 saturated carbocycles. The van der Waals surface area contributed by atoms with Gasteiger partial charge in [-0.25, -0.2) is 4.79 Å². The molecule has 0 spiro atoms. The van der Waals surface area contributed by atoms with Gasteiger partial charge in [0.05, 0.1) is 5.69 Å². The summed E-state index contributed by atoms with van der Waals surface area (Å²) < 4.78 is 5.51. The summed E-state index contributed by atoms with van der Waals surface area (Å²) in [7, 11) is 0. The van der Waals surface area contributed by atoms with E-state index in [1.54, 1.807) is 24.3 Å². The third-order valence-electron chi connectivity index (χ3n) is 2.68. The number of para-hydroxylation sites is 1. The molecule has 3 N–H and O–H groups in total. The number of ether oxygens (including phenoxy) is 1. The first-order valence-electron chi connectivity index (χ1n) is 6.21. The van der Waals surface area contributed by atoms with Gasteiger partial charge < -0.3 is 20.3 Å². The molecule has 0 heterocycles. The summed E-state index contributed by atoms with van der Waals surface area (Å²) in [5.41, 5.74) is 0.419. The van der Waals surface area contributed by atoms with Crippen molar-refractivity contribution in [1.82, 2.24) is 0 Å². The van der Waals surface area contributed by atoms with Crippen LogP contribution in [0.2, 0.25) is 0 Å². The van der Waals surface area contributed by atoms with Crippen molar-refractivity contribution in [2.45, 2.75) is 0 Å². The summed E-state index contributed by atoms with van der Waals surface area (Å²) >= 11 is 3.28. The fourth-order valence-electron chi connectivity index (χ4n) is 1.65. The van der Waals surface area contributed by atoms with E-state index >= 15 is 0 Å². The molecular formula is C15H12BrNO5. The third-order valence-corrected chi connectivity index (χ3v) is 3.38. The number of aromatic hydroxyl groups is 2. The van der Waals surface area contributed by atoms with Gasteiger partial charge in [-0.05, 0) is 40.2 Å². The Labute approximate surface area is 134 Å². The number of phenolic OH excluding ortho intramolecular Hbond substituents is 2. The van der Waals surface area contributed by atoms with E-state index in [1.807, 2.05) is 0 Å². The van der Waals surface area contributed by atoms with E-state index < -0.39 is 24.2 Å². The number of hydrogen-bond acceptors (Lipinski definition) is 5. The maximum Gasteiger partial charge on any atom is 0.342 e. The van der Waals surface area contributed by atoms with Crippen LogP contribution >= 0.6 is 15.9 Å². The van der Waals surface area contributed by atoms with Crippen LogP contribution in [0.5, 0.6) is 11.5 Å². The van der Waals surface area contributed by atoms with E-state index in [4.69, 9.17) is 9.84 Å². The quantitative estimate of drug-likeness (QED) is 0.723. The molecular weight excluding hydrogens is 354 g/mol. The minimum Gasteiger partial charge on any atom is -0.508 e. The number of anilines is 1. The summed E-state index contributed by atoms with van der Waals surface area (Å²) in [5.74, 6) is -1.98. The standard InChI is InChI=1S/C15H12BrNO5/c16-11-3-1-2-4-12(11)17-14(20)8-22-15(21)10-6-5-9(18)7-13(10)19/h1-7,18-19H,8H2,(H,17,20). The van der Waals surface area contributed by atoms with Crippen LogP contribution in [0, 0.1) is 0 Å². The topological polar surface area (TPSA) is 95.9 Å². The Morgan fingerprint density at radius 1 is 1.14 bits per heavy atom. The Morgan fingerprint density at radius 3 is 2.55 bits per heavy atom. The van der Waals surface area contributed by atoms with Gasteiger partial charge in [0.15, 0.2) is 6.61 Å². The Morgan fingerprint density at radius 2 is 1.86 bits per heavy atom. The molecule has 0 aliphatic heterocycles. The number of hydrogen-bond donors (Lipinski definition) is 3. The van der Waals surface area contributed by atoms with E-state index in [0.29, 0.717) is 10.2 Å². The smallest absolute Gasteiger partial charge is 0.342 e. The van der Waals surface area contributed by atoms with Crippen LogP contribution in [0.15, 0.2) is 46.9 Å². The van der Waals surface area contributed by atoms with Crippen LogP contribution < -0.4 is 5.32 Å². The van der Waals surface area contributed by atoms with Crippen LogP contribution in [0.1, 0.15) is 10.4 Å². The van der Waals surface area contributed by atoms with Gasteiger partial charge in [-0.2, -0.15) is 0 Å². The average molecular weight is 366 g/mol. The van der Waals surface area contributed by atoms with Gasteiger partial charge in [0, 0.05) is 10.5 Å². The summed E-state index contributed by atoms with van der Waals surface area (Å²) in [6.07, 6.45) is 0. The molecule has 0 aliphatic carbocycles. The Kier molecular flexibility index (Phi) is 5.00. The molecule has 0 atom stereocenters. The van der Waals surface area contributed by atoms with E-state index in [1.165, 1.54) is 12.1 Å². The number of phenols is 2. The molecule has 114 valence electrons. The number of halogens is 1. The molecule has 0 radical (unpaired) electrons. The molecule has 0 saturated heterocycles. The minimum absolute atomic E-state index is 0.133. The molecule has 0 bridgehead atoms. The molecule has 7 heteroatoms. The van der Waals surface area contributed by atoms with Crippen LogP contribution in [0.4, 0.5) is 5.69 Å². The fraction of sp³-hybridized carbons (Fsp3) is 0.0667. The van der Waals surface area contributed by atoms with Crippen molar-refractivity contribution in [3.63, 3.8) is 0 Å². The van der Waals surface area contributed by atoms with Crippen molar-refractivity contribution < 1.29 is 24.5 Å². The van der Waals surface area contributed by atoms with Crippen molar-refractivity contribution in [3.8, 4) is 11.5 Å². The predicted molar refractivity (Wildman–Crippen MR) is 82.8 cm³/mol. The van der Waals surface area contributed by atoms with Gasteiger partial charge in [0.2, 0.25) is 0 Å². The lowest BCUT2D eigenvalue weighted by molar-refractivity contribution is -0.119. The highest BCUT2D eigenvalue weighted by atomic mass is 79.9. The molecule has 22 heavy (non-hydrogen) atoms. The lowest BCUT2D eigenvalue weighted by Crippen LogP contribution is -2.21. The van der Waals surface area contributed by atoms with Crippen molar-refractivity contribution in [2.75, 3.05) is 11.9 Å². The first-order valence-corrected chi connectivity index (χ1v) is 7.00. The number of rotatable bonds is 4. The van der Waals surface area contributed by atoms with Gasteiger partial charge in [-0.15, -0.1) is 0 Å². The first-order chi connectivity index (χ1) is 10.5. The first kappa shape index (κ1) is 15.8. The Balaban J connectivity index is 1.93. The van der Waals surface area contributed by atoms with Gasteiger partial charge in [-0.3, -0.25) is 4.79 Å². The largest absolute Gasteiger partial charge is 0.508 e. The third kappa shape index (κ3) is 3.98. The van der Waals surface area contributed by atoms with Gasteiger partial charge in [0.1, 0.15) is 17.1 Å². The van der Waals surface area contributed by atoms with Gasteiger partial charge in [-0.1, -0.05) is 12.1 Å². The molecule has 0 aliphatic rings. The maximum atomic E-state index is 11.7. The number of carbonyl (C=O) groups excluding carboxylic acids is 2. The van der Waals surface area contributed by atoms with Gasteiger partial charge in [0.25, 0.3) is 5.91 Å². The maximum absolute atomic E-state index is 11.7. The lowest BCUT2D eigenvalue weighted by Gasteiger charge is -2.08. The molecule has 0 fully saturated rings.